The quantitative estimate of drug-likeness (QED) is 0.742. The largest absolute Gasteiger partial charge is 0.334 e. The maximum atomic E-state index is 4.87. The summed E-state index contributed by atoms with van der Waals surface area (Å²) in [5, 5.41) is 0. The number of hydrogen-bond donors (Lipinski definition) is 0. The van der Waals surface area contributed by atoms with Crippen LogP contribution in [0.2, 0.25) is 0 Å². The number of aromatic nitrogens is 2. The van der Waals surface area contributed by atoms with Gasteiger partial charge in [-0.3, -0.25) is 0 Å². The van der Waals surface area contributed by atoms with Gasteiger partial charge in [0, 0.05) is 25.0 Å². The van der Waals surface area contributed by atoms with Crippen molar-refractivity contribution in [3.8, 4) is 11.4 Å². The van der Waals surface area contributed by atoms with Gasteiger partial charge in [0.05, 0.1) is 10.8 Å². The van der Waals surface area contributed by atoms with Crippen molar-refractivity contribution in [1.29, 1.82) is 0 Å². The fourth-order valence-corrected chi connectivity index (χ4v) is 2.93. The van der Waals surface area contributed by atoms with Crippen LogP contribution in [0.4, 0.5) is 5.69 Å². The number of imidazole rings is 1. The summed E-state index contributed by atoms with van der Waals surface area (Å²) in [4.78, 5) is 9.34. The number of amidine groups is 2. The van der Waals surface area contributed by atoms with Crippen LogP contribution in [0, 0.1) is 10.8 Å². The molecule has 1 aromatic carbocycles. The van der Waals surface area contributed by atoms with Crippen LogP contribution >= 0.6 is 0 Å². The Bertz CT molecular complexity index is 839. The second-order valence-electron chi connectivity index (χ2n) is 8.51. The zero-order valence-electron chi connectivity index (χ0n) is 15.8. The van der Waals surface area contributed by atoms with Gasteiger partial charge < -0.3 is 4.57 Å². The Balaban J connectivity index is 2.11. The normalized spacial score (nSPS) is 15.4. The van der Waals surface area contributed by atoms with E-state index in [2.05, 4.69) is 75.4 Å². The number of aryl methyl sites for hydroxylation is 1. The zero-order valence-corrected chi connectivity index (χ0v) is 15.8. The van der Waals surface area contributed by atoms with E-state index in [9.17, 15) is 0 Å². The Morgan fingerprint density at radius 2 is 1.71 bits per heavy atom. The van der Waals surface area contributed by atoms with E-state index in [-0.39, 0.29) is 10.8 Å². The van der Waals surface area contributed by atoms with Crippen molar-refractivity contribution in [3.05, 3.63) is 36.7 Å². The first-order chi connectivity index (χ1) is 11.1. The molecular formula is C20H27N4+. The van der Waals surface area contributed by atoms with Gasteiger partial charge in [0.15, 0.2) is 0 Å². The summed E-state index contributed by atoms with van der Waals surface area (Å²) in [7, 11) is 2.02. The Morgan fingerprint density at radius 3 is 2.25 bits per heavy atom. The minimum Gasteiger partial charge on any atom is -0.334 e. The molecule has 0 unspecified atom stereocenters. The smallest absolute Gasteiger partial charge is 0.252 e. The van der Waals surface area contributed by atoms with Crippen molar-refractivity contribution in [1.82, 2.24) is 9.55 Å². The molecule has 1 aromatic heterocycles. The van der Waals surface area contributed by atoms with Gasteiger partial charge in [0.2, 0.25) is 0 Å². The van der Waals surface area contributed by atoms with Crippen molar-refractivity contribution < 1.29 is 4.58 Å². The third-order valence-corrected chi connectivity index (χ3v) is 4.16. The molecule has 4 heteroatoms. The SMILES string of the molecule is Cn1ccnc1-c1cccc([N+]2=C(C(C)(C)C)N=C2C(C)(C)C)c1. The fourth-order valence-electron chi connectivity index (χ4n) is 2.93. The van der Waals surface area contributed by atoms with Gasteiger partial charge in [-0.25, -0.2) is 4.98 Å². The van der Waals surface area contributed by atoms with E-state index in [4.69, 9.17) is 4.99 Å². The molecule has 24 heavy (non-hydrogen) atoms. The molecule has 2 aromatic rings. The van der Waals surface area contributed by atoms with Crippen LogP contribution in [0.25, 0.3) is 11.4 Å². The van der Waals surface area contributed by atoms with Crippen LogP contribution in [0.15, 0.2) is 41.7 Å². The molecule has 4 nitrogen and oxygen atoms in total. The molecule has 2 heterocycles. The van der Waals surface area contributed by atoms with E-state index in [1.54, 1.807) is 0 Å². The minimum absolute atomic E-state index is 0.00792. The third kappa shape index (κ3) is 2.81. The van der Waals surface area contributed by atoms with E-state index < -0.39 is 0 Å². The Morgan fingerprint density at radius 1 is 1.00 bits per heavy atom. The van der Waals surface area contributed by atoms with Crippen molar-refractivity contribution in [2.24, 2.45) is 22.9 Å². The van der Waals surface area contributed by atoms with Crippen molar-refractivity contribution in [2.45, 2.75) is 41.5 Å². The van der Waals surface area contributed by atoms with Crippen molar-refractivity contribution in [3.63, 3.8) is 0 Å². The molecule has 0 amide bonds. The van der Waals surface area contributed by atoms with Crippen LogP contribution in [0.5, 0.6) is 0 Å². The van der Waals surface area contributed by atoms with Gasteiger partial charge in [0.25, 0.3) is 11.7 Å². The standard InChI is InChI=1S/C20H27N4/c1-19(2,3)17-22-18(20(4,5)6)24(17)15-10-8-9-14(13-15)16-21-11-12-23(16)7/h8-13H,1-7H3/q+1. The predicted molar refractivity (Wildman–Crippen MR) is 99.9 cm³/mol. The lowest BCUT2D eigenvalue weighted by Crippen LogP contribution is -2.46. The molecule has 1 aliphatic rings. The maximum absolute atomic E-state index is 4.87. The molecule has 0 bridgehead atoms. The lowest BCUT2D eigenvalue weighted by Gasteiger charge is -2.31. The highest BCUT2D eigenvalue weighted by molar-refractivity contribution is 6.06. The van der Waals surface area contributed by atoms with Gasteiger partial charge in [-0.1, -0.05) is 58.7 Å². The first-order valence-corrected chi connectivity index (χ1v) is 8.43. The lowest BCUT2D eigenvalue weighted by atomic mass is 9.87. The molecule has 126 valence electrons. The zero-order chi connectivity index (χ0) is 17.7. The van der Waals surface area contributed by atoms with Crippen LogP contribution in [0.3, 0.4) is 0 Å². The van der Waals surface area contributed by atoms with Crippen molar-refractivity contribution in [2.75, 3.05) is 0 Å². The Hall–Kier alpha value is -2.23. The second-order valence-corrected chi connectivity index (χ2v) is 8.51. The van der Waals surface area contributed by atoms with Crippen LogP contribution in [-0.2, 0) is 7.05 Å². The first-order valence-electron chi connectivity index (χ1n) is 8.43. The summed E-state index contributed by atoms with van der Waals surface area (Å²) in [5.41, 5.74) is 2.29. The molecule has 1 aliphatic heterocycles. The maximum Gasteiger partial charge on any atom is 0.252 e. The first kappa shape index (κ1) is 16.6. The summed E-state index contributed by atoms with van der Waals surface area (Å²) >= 11 is 0. The summed E-state index contributed by atoms with van der Waals surface area (Å²) in [6, 6.07) is 8.56. The summed E-state index contributed by atoms with van der Waals surface area (Å²) in [6.45, 7) is 13.3. The molecular weight excluding hydrogens is 296 g/mol. The Labute approximate surface area is 144 Å². The van der Waals surface area contributed by atoms with Gasteiger partial charge >= 0.3 is 0 Å². The fraction of sp³-hybridized carbons (Fsp3) is 0.450. The molecule has 0 aliphatic carbocycles. The van der Waals surface area contributed by atoms with E-state index >= 15 is 0 Å². The van der Waals surface area contributed by atoms with Crippen LogP contribution in [0.1, 0.15) is 41.5 Å². The Kier molecular flexibility index (Phi) is 3.74. The second kappa shape index (κ2) is 5.40. The molecule has 0 radical (unpaired) electrons. The van der Waals surface area contributed by atoms with E-state index in [0.29, 0.717) is 0 Å². The highest BCUT2D eigenvalue weighted by atomic mass is 15.3. The number of nitrogens with zero attached hydrogens (tertiary/aromatic N) is 4. The average Bonchev–Trinajstić information content (AvgIpc) is 2.80. The van der Waals surface area contributed by atoms with E-state index in [0.717, 1.165) is 28.7 Å². The van der Waals surface area contributed by atoms with Crippen LogP contribution in [-0.4, -0.2) is 25.8 Å². The predicted octanol–water partition coefficient (Wildman–Crippen LogP) is 4.63. The number of aliphatic imine (C=N–C) groups is 1. The summed E-state index contributed by atoms with van der Waals surface area (Å²) in [6.07, 6.45) is 3.81. The summed E-state index contributed by atoms with van der Waals surface area (Å²) in [5.74, 6) is 3.21. The molecule has 3 rings (SSSR count). The van der Waals surface area contributed by atoms with Crippen LogP contribution < -0.4 is 0 Å². The molecule has 0 atom stereocenters. The van der Waals surface area contributed by atoms with Gasteiger partial charge in [-0.05, 0) is 12.1 Å². The highest BCUT2D eigenvalue weighted by Crippen LogP contribution is 2.34. The molecule has 0 N–H and O–H groups in total. The minimum atomic E-state index is 0.00792. The molecule has 0 fully saturated rings. The molecule has 0 saturated heterocycles. The number of benzene rings is 1. The summed E-state index contributed by atoms with van der Waals surface area (Å²) < 4.78 is 4.36. The molecule has 0 spiro atoms. The third-order valence-electron chi connectivity index (χ3n) is 4.16. The topological polar surface area (TPSA) is 33.2 Å². The highest BCUT2D eigenvalue weighted by Gasteiger charge is 2.43. The van der Waals surface area contributed by atoms with Crippen molar-refractivity contribution >= 4 is 17.4 Å². The lowest BCUT2D eigenvalue weighted by molar-refractivity contribution is -0.338. The van der Waals surface area contributed by atoms with Gasteiger partial charge in [-0.2, -0.15) is 4.58 Å². The van der Waals surface area contributed by atoms with Gasteiger partial charge in [0.1, 0.15) is 11.5 Å². The monoisotopic (exact) mass is 323 g/mol. The van der Waals surface area contributed by atoms with Gasteiger partial charge in [-0.15, -0.1) is 0 Å². The van der Waals surface area contributed by atoms with E-state index in [1.807, 2.05) is 24.0 Å². The number of rotatable bonds is 2. The molecule has 0 saturated carbocycles. The van der Waals surface area contributed by atoms with E-state index in [1.165, 1.54) is 0 Å². The number of hydrogen-bond acceptors (Lipinski definition) is 2. The average molecular weight is 323 g/mol.